The fourth-order valence-electron chi connectivity index (χ4n) is 7.53. The van der Waals surface area contributed by atoms with Gasteiger partial charge in [0.25, 0.3) is 0 Å². The Bertz CT molecular complexity index is 2490. The molecule has 0 atom stereocenters. The van der Waals surface area contributed by atoms with Gasteiger partial charge in [-0.05, 0) is 59.4 Å². The number of nitrogens with zero attached hydrogens (tertiary/aromatic N) is 4. The summed E-state index contributed by atoms with van der Waals surface area (Å²) in [5.41, 5.74) is 11.6. The average molecular weight is 681 g/mol. The van der Waals surface area contributed by atoms with Gasteiger partial charge in [-0.1, -0.05) is 160 Å². The van der Waals surface area contributed by atoms with Crippen LogP contribution in [-0.4, -0.2) is 27.2 Å². The highest BCUT2D eigenvalue weighted by molar-refractivity contribution is 7.00. The van der Waals surface area contributed by atoms with Gasteiger partial charge in [0.15, 0.2) is 0 Å². The van der Waals surface area contributed by atoms with E-state index in [1.807, 2.05) is 0 Å². The molecule has 5 heteroatoms. The molecule has 0 amide bonds. The van der Waals surface area contributed by atoms with Crippen molar-refractivity contribution in [1.82, 2.24) is 19.1 Å². The van der Waals surface area contributed by atoms with E-state index in [9.17, 15) is 0 Å². The lowest BCUT2D eigenvalue weighted by Crippen LogP contribution is -2.52. The predicted octanol–water partition coefficient (Wildman–Crippen LogP) is 10.8. The Morgan fingerprint density at radius 2 is 0.922 bits per heavy atom. The number of imidazole rings is 2. The zero-order chi connectivity index (χ0) is 35.3. The second-order valence-electron chi connectivity index (χ2n) is 14.7. The van der Waals surface area contributed by atoms with E-state index in [-0.39, 0.29) is 0 Å². The predicted molar refractivity (Wildman–Crippen MR) is 218 cm³/mol. The van der Waals surface area contributed by atoms with Crippen molar-refractivity contribution >= 4 is 40.5 Å². The second-order valence-corrected chi connectivity index (χ2v) is 19.1. The fourth-order valence-corrected chi connectivity index (χ4v) is 9.93. The first kappa shape index (κ1) is 32.7. The third-order valence-electron chi connectivity index (χ3n) is 10.4. The van der Waals surface area contributed by atoms with Gasteiger partial charge >= 0.3 is 0 Å². The Kier molecular flexibility index (Phi) is 8.31. The highest BCUT2D eigenvalue weighted by Gasteiger charge is 2.29. The van der Waals surface area contributed by atoms with Crippen LogP contribution >= 0.6 is 0 Å². The maximum absolute atomic E-state index is 5.34. The molecule has 8 rings (SSSR count). The molecule has 4 nitrogen and oxygen atoms in total. The molecule has 51 heavy (non-hydrogen) atoms. The monoisotopic (exact) mass is 680 g/mol. The SMILES string of the molecule is CC(C)c1cccc(C(C)C)c1-n1c(-c2cccc([Si](C)(C)c3cccc(-c4nc5ccccc5n4-c4ccccc4)c3)c2)nc2ccccc21. The molecule has 0 aliphatic rings. The van der Waals surface area contributed by atoms with Crippen molar-refractivity contribution in [3.8, 4) is 34.2 Å². The van der Waals surface area contributed by atoms with Crippen LogP contribution in [-0.2, 0) is 0 Å². The van der Waals surface area contributed by atoms with Crippen molar-refractivity contribution in [2.24, 2.45) is 0 Å². The van der Waals surface area contributed by atoms with Gasteiger partial charge in [0.2, 0.25) is 0 Å². The molecule has 6 aromatic carbocycles. The molecule has 0 bridgehead atoms. The summed E-state index contributed by atoms with van der Waals surface area (Å²) in [5.74, 6) is 2.69. The van der Waals surface area contributed by atoms with E-state index < -0.39 is 8.07 Å². The van der Waals surface area contributed by atoms with Gasteiger partial charge in [-0.15, -0.1) is 0 Å². The van der Waals surface area contributed by atoms with Crippen LogP contribution in [0.15, 0.2) is 146 Å². The standard InChI is InChI=1S/C46H44N4Si/c1-31(2)38-23-16-24-39(32(3)4)44(38)50-43-28-13-11-26-41(43)48-46(50)34-18-15-22-37(30-34)51(5,6)36-21-14-17-33(29-36)45-47-40-25-10-12-27-42(40)49(45)35-19-8-7-9-20-35/h7-32H,1-6H3. The van der Waals surface area contributed by atoms with Crippen molar-refractivity contribution in [3.05, 3.63) is 157 Å². The third kappa shape index (κ3) is 5.72. The van der Waals surface area contributed by atoms with E-state index in [2.05, 4.69) is 196 Å². The minimum Gasteiger partial charge on any atom is -0.292 e. The molecule has 8 aromatic rings. The normalized spacial score (nSPS) is 12.1. The first-order valence-corrected chi connectivity index (χ1v) is 21.1. The van der Waals surface area contributed by atoms with Gasteiger partial charge < -0.3 is 0 Å². The number of para-hydroxylation sites is 6. The molecule has 0 radical (unpaired) electrons. The molecule has 0 aliphatic carbocycles. The summed E-state index contributed by atoms with van der Waals surface area (Å²) in [6, 6.07) is 52.6. The number of aromatic nitrogens is 4. The molecule has 0 fully saturated rings. The van der Waals surface area contributed by atoms with Gasteiger partial charge in [-0.3, -0.25) is 9.13 Å². The highest BCUT2D eigenvalue weighted by Crippen LogP contribution is 2.37. The summed E-state index contributed by atoms with van der Waals surface area (Å²) in [6.45, 7) is 14.1. The molecule has 0 unspecified atom stereocenters. The lowest BCUT2D eigenvalue weighted by atomic mass is 9.92. The summed E-state index contributed by atoms with van der Waals surface area (Å²) < 4.78 is 4.72. The third-order valence-corrected chi connectivity index (χ3v) is 13.9. The first-order valence-electron chi connectivity index (χ1n) is 18.1. The minimum absolute atomic E-state index is 0.368. The Morgan fingerprint density at radius 1 is 0.471 bits per heavy atom. The minimum atomic E-state index is -2.19. The number of rotatable bonds is 8. The summed E-state index contributed by atoms with van der Waals surface area (Å²) in [4.78, 5) is 10.5. The molecule has 0 saturated heterocycles. The Labute approximate surface area is 302 Å². The molecular formula is C46H44N4Si. The van der Waals surface area contributed by atoms with E-state index in [1.165, 1.54) is 27.2 Å². The summed E-state index contributed by atoms with van der Waals surface area (Å²) in [6.07, 6.45) is 0. The van der Waals surface area contributed by atoms with Crippen LogP contribution in [0.5, 0.6) is 0 Å². The Balaban J connectivity index is 1.27. The van der Waals surface area contributed by atoms with Crippen LogP contribution in [0.2, 0.25) is 13.1 Å². The van der Waals surface area contributed by atoms with Crippen LogP contribution in [0.4, 0.5) is 0 Å². The molecule has 2 heterocycles. The molecule has 252 valence electrons. The van der Waals surface area contributed by atoms with Crippen LogP contribution in [0.3, 0.4) is 0 Å². The Morgan fingerprint density at radius 3 is 1.45 bits per heavy atom. The highest BCUT2D eigenvalue weighted by atomic mass is 28.3. The number of hydrogen-bond acceptors (Lipinski definition) is 2. The van der Waals surface area contributed by atoms with Gasteiger partial charge in [0.1, 0.15) is 19.7 Å². The molecular weight excluding hydrogens is 637 g/mol. The van der Waals surface area contributed by atoms with E-state index in [0.29, 0.717) is 11.8 Å². The topological polar surface area (TPSA) is 35.6 Å². The van der Waals surface area contributed by atoms with Crippen molar-refractivity contribution in [2.75, 3.05) is 0 Å². The van der Waals surface area contributed by atoms with Crippen LogP contribution in [0.1, 0.15) is 50.7 Å². The van der Waals surface area contributed by atoms with Gasteiger partial charge in [-0.2, -0.15) is 0 Å². The van der Waals surface area contributed by atoms with E-state index in [1.54, 1.807) is 0 Å². The zero-order valence-electron chi connectivity index (χ0n) is 30.3. The molecule has 2 aromatic heterocycles. The summed E-state index contributed by atoms with van der Waals surface area (Å²) in [7, 11) is -2.19. The summed E-state index contributed by atoms with van der Waals surface area (Å²) in [5, 5.41) is 2.73. The Hall–Kier alpha value is -5.52. The lowest BCUT2D eigenvalue weighted by molar-refractivity contribution is 0.811. The van der Waals surface area contributed by atoms with Crippen molar-refractivity contribution in [3.63, 3.8) is 0 Å². The van der Waals surface area contributed by atoms with E-state index in [0.717, 1.165) is 50.5 Å². The second kappa shape index (κ2) is 13.0. The van der Waals surface area contributed by atoms with Crippen molar-refractivity contribution in [1.29, 1.82) is 0 Å². The molecule has 0 N–H and O–H groups in total. The maximum atomic E-state index is 5.34. The van der Waals surface area contributed by atoms with Gasteiger partial charge in [0.05, 0.1) is 27.8 Å². The number of benzene rings is 6. The smallest absolute Gasteiger partial charge is 0.145 e. The van der Waals surface area contributed by atoms with Crippen LogP contribution in [0.25, 0.3) is 56.2 Å². The molecule has 0 saturated carbocycles. The van der Waals surface area contributed by atoms with Crippen LogP contribution < -0.4 is 10.4 Å². The zero-order valence-corrected chi connectivity index (χ0v) is 31.3. The molecule has 0 spiro atoms. The van der Waals surface area contributed by atoms with E-state index in [4.69, 9.17) is 9.97 Å². The van der Waals surface area contributed by atoms with E-state index >= 15 is 0 Å². The quantitative estimate of drug-likeness (QED) is 0.150. The molecule has 0 aliphatic heterocycles. The maximum Gasteiger partial charge on any atom is 0.145 e. The first-order chi connectivity index (χ1) is 24.7. The average Bonchev–Trinajstić information content (AvgIpc) is 3.74. The van der Waals surface area contributed by atoms with Crippen molar-refractivity contribution in [2.45, 2.75) is 52.6 Å². The van der Waals surface area contributed by atoms with Crippen LogP contribution in [0, 0.1) is 0 Å². The fraction of sp³-hybridized carbons (Fsp3) is 0.174. The van der Waals surface area contributed by atoms with Gasteiger partial charge in [-0.25, -0.2) is 9.97 Å². The number of fused-ring (bicyclic) bond motifs is 2. The summed E-state index contributed by atoms with van der Waals surface area (Å²) >= 11 is 0. The largest absolute Gasteiger partial charge is 0.292 e. The number of hydrogen-bond donors (Lipinski definition) is 0. The van der Waals surface area contributed by atoms with Gasteiger partial charge in [0, 0.05) is 16.8 Å². The lowest BCUT2D eigenvalue weighted by Gasteiger charge is -2.26. The van der Waals surface area contributed by atoms with Crippen molar-refractivity contribution < 1.29 is 0 Å².